The van der Waals surface area contributed by atoms with E-state index in [1.165, 1.54) is 0 Å². The monoisotopic (exact) mass is 616 g/mol. The minimum atomic E-state index is -1.05. The second-order valence-corrected chi connectivity index (χ2v) is 13.2. The zero-order chi connectivity index (χ0) is 32.3. The lowest BCUT2D eigenvalue weighted by Gasteiger charge is -2.35. The summed E-state index contributed by atoms with van der Waals surface area (Å²) in [5.74, 6) is -0.0733. The minimum absolute atomic E-state index is 0.189. The van der Waals surface area contributed by atoms with Crippen molar-refractivity contribution in [3.63, 3.8) is 0 Å². The van der Waals surface area contributed by atoms with Crippen molar-refractivity contribution < 1.29 is 28.6 Å². The van der Waals surface area contributed by atoms with E-state index in [1.54, 1.807) is 34.3 Å². The molecule has 0 saturated carbocycles. The van der Waals surface area contributed by atoms with Crippen LogP contribution < -0.4 is 5.32 Å². The first-order valence-corrected chi connectivity index (χ1v) is 15.8. The van der Waals surface area contributed by atoms with Gasteiger partial charge in [0.1, 0.15) is 17.9 Å². The Balaban J connectivity index is 1.37. The van der Waals surface area contributed by atoms with Crippen molar-refractivity contribution in [3.05, 3.63) is 88.6 Å². The number of ether oxygens (including phenoxy) is 1. The summed E-state index contributed by atoms with van der Waals surface area (Å²) in [4.78, 5) is 48.4. The Bertz CT molecular complexity index is 1510. The normalized spacial score (nSPS) is 19.8. The predicted octanol–water partition coefficient (Wildman–Crippen LogP) is 5.37. The maximum Gasteiger partial charge on any atom is 0.410 e. The number of carbonyl (C=O) groups is 3. The van der Waals surface area contributed by atoms with E-state index in [4.69, 9.17) is 9.15 Å². The lowest BCUT2D eigenvalue weighted by Crippen LogP contribution is -2.54. The Morgan fingerprint density at radius 1 is 1.02 bits per heavy atom. The molecule has 0 spiro atoms. The number of hydrogen-bond acceptors (Lipinski definition) is 7. The number of carbonyl (C=O) groups excluding carboxylic acids is 3. The summed E-state index contributed by atoms with van der Waals surface area (Å²) in [6, 6.07) is 13.3. The fourth-order valence-corrected chi connectivity index (χ4v) is 6.34. The van der Waals surface area contributed by atoms with Gasteiger partial charge in [0.05, 0.1) is 23.9 Å². The quantitative estimate of drug-likeness (QED) is 0.349. The van der Waals surface area contributed by atoms with Crippen molar-refractivity contribution in [2.75, 3.05) is 13.1 Å². The molecule has 240 valence electrons. The van der Waals surface area contributed by atoms with Gasteiger partial charge in [-0.25, -0.2) is 9.78 Å². The average molecular weight is 617 g/mol. The number of hydrogen-bond donors (Lipinski definition) is 2. The van der Waals surface area contributed by atoms with Crippen LogP contribution >= 0.6 is 0 Å². The molecule has 2 aliphatic heterocycles. The zero-order valence-electron chi connectivity index (χ0n) is 26.8. The van der Waals surface area contributed by atoms with E-state index in [-0.39, 0.29) is 11.9 Å². The summed E-state index contributed by atoms with van der Waals surface area (Å²) in [5, 5.41) is 14.8. The predicted molar refractivity (Wildman–Crippen MR) is 169 cm³/mol. The van der Waals surface area contributed by atoms with Gasteiger partial charge in [0, 0.05) is 24.2 Å². The van der Waals surface area contributed by atoms with E-state index in [1.807, 2.05) is 65.0 Å². The van der Waals surface area contributed by atoms with Gasteiger partial charge in [0.25, 0.3) is 11.8 Å². The van der Waals surface area contributed by atoms with Crippen LogP contribution in [-0.2, 0) is 11.2 Å². The number of aryl methyl sites for hydroxylation is 2. The third kappa shape index (κ3) is 7.73. The number of amides is 3. The van der Waals surface area contributed by atoms with Gasteiger partial charge >= 0.3 is 6.09 Å². The summed E-state index contributed by atoms with van der Waals surface area (Å²) in [7, 11) is 0. The Morgan fingerprint density at radius 3 is 2.40 bits per heavy atom. The molecule has 5 rings (SSSR count). The largest absolute Gasteiger partial charge is 0.446 e. The highest BCUT2D eigenvalue weighted by molar-refractivity contribution is 6.00. The van der Waals surface area contributed by atoms with Crippen LogP contribution in [0.3, 0.4) is 0 Å². The number of oxazole rings is 1. The zero-order valence-corrected chi connectivity index (χ0v) is 26.8. The first-order chi connectivity index (χ1) is 21.4. The fourth-order valence-electron chi connectivity index (χ4n) is 6.34. The van der Waals surface area contributed by atoms with Crippen LogP contribution in [0.2, 0.25) is 0 Å². The second-order valence-electron chi connectivity index (χ2n) is 13.2. The van der Waals surface area contributed by atoms with Crippen LogP contribution in [0.4, 0.5) is 4.79 Å². The van der Waals surface area contributed by atoms with Crippen molar-refractivity contribution in [2.45, 2.75) is 96.6 Å². The highest BCUT2D eigenvalue weighted by Crippen LogP contribution is 2.33. The van der Waals surface area contributed by atoms with Crippen LogP contribution in [0.15, 0.2) is 59.2 Å². The van der Waals surface area contributed by atoms with Crippen LogP contribution in [-0.4, -0.2) is 74.7 Å². The molecule has 10 nitrogen and oxygen atoms in total. The number of benzene rings is 2. The van der Waals surface area contributed by atoms with Crippen molar-refractivity contribution in [1.82, 2.24) is 20.1 Å². The molecule has 2 fully saturated rings. The Morgan fingerprint density at radius 2 is 1.71 bits per heavy atom. The van der Waals surface area contributed by atoms with Gasteiger partial charge in [-0.05, 0) is 96.0 Å². The SMILES string of the molecule is Cc1cc(C(=O)N[C@@H](Cc2ccccc2)[C@H](O)[C@H]2CCCN2C(=O)OC(C)(C)C)cc(C(=O)N2CCC[C@@H]2c2nc(C)co2)c1. The molecule has 2 N–H and O–H groups in total. The highest BCUT2D eigenvalue weighted by Gasteiger charge is 2.40. The topological polar surface area (TPSA) is 125 Å². The molecule has 0 radical (unpaired) electrons. The number of likely N-dealkylation sites (tertiary alicyclic amines) is 2. The number of nitrogens with zero attached hydrogens (tertiary/aromatic N) is 3. The molecule has 3 amide bonds. The molecule has 45 heavy (non-hydrogen) atoms. The number of nitrogens with one attached hydrogen (secondary N) is 1. The maximum atomic E-state index is 13.8. The van der Waals surface area contributed by atoms with Gasteiger partial charge in [-0.15, -0.1) is 0 Å². The molecular weight excluding hydrogens is 572 g/mol. The fraction of sp³-hybridized carbons (Fsp3) is 0.486. The number of aromatic nitrogens is 1. The second kappa shape index (κ2) is 13.4. The standard InChI is InChI=1S/C35H44N4O6/c1-22-17-25(20-26(18-22)33(42)38-15-10-14-29(38)32-36-23(2)21-44-32)31(41)37-27(19-24-11-7-6-8-12-24)30(40)28-13-9-16-39(28)34(43)45-35(3,4)5/h6-8,11-12,17-18,20-21,27-30,40H,9-10,13-16,19H2,1-5H3,(H,37,41)/t27-,28+,29+,30-/m0/s1. The Hall–Kier alpha value is -4.18. The summed E-state index contributed by atoms with van der Waals surface area (Å²) < 4.78 is 11.2. The smallest absolute Gasteiger partial charge is 0.410 e. The Kier molecular flexibility index (Phi) is 9.62. The molecule has 0 aliphatic carbocycles. The van der Waals surface area contributed by atoms with Gasteiger partial charge in [0.2, 0.25) is 5.89 Å². The first-order valence-electron chi connectivity index (χ1n) is 15.8. The van der Waals surface area contributed by atoms with Gasteiger partial charge < -0.3 is 29.4 Å². The van der Waals surface area contributed by atoms with Gasteiger partial charge in [-0.2, -0.15) is 0 Å². The average Bonchev–Trinajstić information content (AvgIpc) is 3.76. The van der Waals surface area contributed by atoms with E-state index in [9.17, 15) is 19.5 Å². The molecule has 2 aliphatic rings. The summed E-state index contributed by atoms with van der Waals surface area (Å²) in [6.07, 6.45) is 3.31. The lowest BCUT2D eigenvalue weighted by molar-refractivity contribution is -0.00161. The van der Waals surface area contributed by atoms with Gasteiger partial charge in [-0.3, -0.25) is 9.59 Å². The maximum absolute atomic E-state index is 13.8. The van der Waals surface area contributed by atoms with E-state index in [0.29, 0.717) is 42.9 Å². The molecule has 0 unspecified atom stereocenters. The molecule has 3 heterocycles. The van der Waals surface area contributed by atoms with Crippen LogP contribution in [0.1, 0.15) is 95.9 Å². The summed E-state index contributed by atoms with van der Waals surface area (Å²) in [6.45, 7) is 10.2. The molecule has 3 aromatic rings. The third-order valence-electron chi connectivity index (χ3n) is 8.37. The number of aliphatic hydroxyl groups excluding tert-OH is 1. The number of rotatable bonds is 8. The van der Waals surface area contributed by atoms with Crippen molar-refractivity contribution >= 4 is 17.9 Å². The van der Waals surface area contributed by atoms with Crippen molar-refractivity contribution in [3.8, 4) is 0 Å². The molecule has 10 heteroatoms. The van der Waals surface area contributed by atoms with E-state index in [0.717, 1.165) is 36.1 Å². The van der Waals surface area contributed by atoms with Gasteiger partial charge in [0.15, 0.2) is 0 Å². The van der Waals surface area contributed by atoms with E-state index in [2.05, 4.69) is 10.3 Å². The lowest BCUT2D eigenvalue weighted by atomic mass is 9.94. The van der Waals surface area contributed by atoms with Gasteiger partial charge in [-0.1, -0.05) is 30.3 Å². The molecule has 1 aromatic heterocycles. The van der Waals surface area contributed by atoms with E-state index < -0.39 is 35.8 Å². The molecule has 2 aromatic carbocycles. The van der Waals surface area contributed by atoms with E-state index >= 15 is 0 Å². The van der Waals surface area contributed by atoms with Crippen LogP contribution in [0, 0.1) is 13.8 Å². The summed E-state index contributed by atoms with van der Waals surface area (Å²) in [5.41, 5.74) is 2.52. The van der Waals surface area contributed by atoms with Crippen LogP contribution in [0.5, 0.6) is 0 Å². The molecule has 4 atom stereocenters. The van der Waals surface area contributed by atoms with Crippen molar-refractivity contribution in [1.29, 1.82) is 0 Å². The molecule has 0 bridgehead atoms. The first kappa shape index (κ1) is 32.2. The minimum Gasteiger partial charge on any atom is -0.446 e. The Labute approximate surface area is 264 Å². The summed E-state index contributed by atoms with van der Waals surface area (Å²) >= 11 is 0. The third-order valence-corrected chi connectivity index (χ3v) is 8.37. The highest BCUT2D eigenvalue weighted by atomic mass is 16.6. The molecule has 2 saturated heterocycles. The van der Waals surface area contributed by atoms with Crippen molar-refractivity contribution in [2.24, 2.45) is 0 Å². The van der Waals surface area contributed by atoms with Crippen LogP contribution in [0.25, 0.3) is 0 Å². The number of aliphatic hydroxyl groups is 1. The molecular formula is C35H44N4O6.